The summed E-state index contributed by atoms with van der Waals surface area (Å²) in [5.74, 6) is -1.42. The van der Waals surface area contributed by atoms with Crippen LogP contribution in [0.1, 0.15) is 65.2 Å². The van der Waals surface area contributed by atoms with Gasteiger partial charge in [-0.15, -0.1) is 0 Å². The molecule has 1 aromatic heterocycles. The number of anilines is 1. The number of aryl methyl sites for hydroxylation is 2. The number of carbonyl (C=O) groups excluding carboxylic acids is 1. The predicted octanol–water partition coefficient (Wildman–Crippen LogP) is 4.72. The molecule has 7 heteroatoms. The van der Waals surface area contributed by atoms with E-state index in [1.807, 2.05) is 6.07 Å². The van der Waals surface area contributed by atoms with Crippen LogP contribution in [0.25, 0.3) is 11.1 Å². The van der Waals surface area contributed by atoms with Crippen molar-refractivity contribution >= 4 is 17.4 Å². The van der Waals surface area contributed by atoms with Gasteiger partial charge in [0.2, 0.25) is 0 Å². The molecule has 1 saturated heterocycles. The van der Waals surface area contributed by atoms with Gasteiger partial charge in [-0.05, 0) is 93.4 Å². The lowest BCUT2D eigenvalue weighted by molar-refractivity contribution is 0.0996. The second-order valence-corrected chi connectivity index (χ2v) is 10.3. The van der Waals surface area contributed by atoms with Crippen molar-refractivity contribution in [3.8, 4) is 11.1 Å². The minimum atomic E-state index is -0.849. The average molecular weight is 486 g/mol. The molecule has 6 nitrogen and oxygen atoms in total. The third-order valence-corrected chi connectivity index (χ3v) is 7.99. The SMILES string of the molecule is CC1(N2CCCC2)CCc2ccc(-c3cnc(N)c(C(=N)c4ccc(C(N)=O)c(F)c4)c3)cc2CC1. The Kier molecular flexibility index (Phi) is 6.35. The molecule has 2 heterocycles. The molecule has 186 valence electrons. The van der Waals surface area contributed by atoms with Gasteiger partial charge in [0.05, 0.1) is 11.3 Å². The highest BCUT2D eigenvalue weighted by molar-refractivity contribution is 6.14. The number of hydrogen-bond donors (Lipinski definition) is 3. The smallest absolute Gasteiger partial charge is 0.251 e. The maximum atomic E-state index is 14.3. The Hall–Kier alpha value is -3.58. The Bertz CT molecular complexity index is 1350. The number of hydrogen-bond acceptors (Lipinski definition) is 5. The lowest BCUT2D eigenvalue weighted by Gasteiger charge is -2.38. The van der Waals surface area contributed by atoms with E-state index in [1.165, 1.54) is 55.6 Å². The summed E-state index contributed by atoms with van der Waals surface area (Å²) in [7, 11) is 0. The van der Waals surface area contributed by atoms with Crippen molar-refractivity contribution in [3.05, 3.63) is 82.3 Å². The van der Waals surface area contributed by atoms with Gasteiger partial charge in [0.1, 0.15) is 11.6 Å². The lowest BCUT2D eigenvalue weighted by Crippen LogP contribution is -2.44. The number of nitrogens with one attached hydrogen (secondary N) is 1. The van der Waals surface area contributed by atoms with Gasteiger partial charge in [0.15, 0.2) is 0 Å². The largest absolute Gasteiger partial charge is 0.383 e. The van der Waals surface area contributed by atoms with Crippen LogP contribution in [0.4, 0.5) is 10.2 Å². The van der Waals surface area contributed by atoms with Crippen LogP contribution in [0.2, 0.25) is 0 Å². The molecule has 1 atom stereocenters. The minimum absolute atomic E-state index is 0.0351. The summed E-state index contributed by atoms with van der Waals surface area (Å²) in [6.07, 6.45) is 8.75. The molecular formula is C29H32FN5O. The fourth-order valence-corrected chi connectivity index (χ4v) is 5.65. The predicted molar refractivity (Wildman–Crippen MR) is 141 cm³/mol. The molecule has 1 aliphatic heterocycles. The van der Waals surface area contributed by atoms with Gasteiger partial charge in [-0.25, -0.2) is 9.37 Å². The van der Waals surface area contributed by atoms with Crippen molar-refractivity contribution in [3.63, 3.8) is 0 Å². The van der Waals surface area contributed by atoms with E-state index in [0.29, 0.717) is 11.1 Å². The van der Waals surface area contributed by atoms with Gasteiger partial charge < -0.3 is 11.5 Å². The summed E-state index contributed by atoms with van der Waals surface area (Å²) in [5.41, 5.74) is 16.8. The van der Waals surface area contributed by atoms with E-state index in [2.05, 4.69) is 35.0 Å². The Morgan fingerprint density at radius 1 is 1.00 bits per heavy atom. The number of likely N-dealkylation sites (tertiary alicyclic amines) is 1. The molecule has 2 aliphatic rings. The quantitative estimate of drug-likeness (QED) is 0.359. The van der Waals surface area contributed by atoms with Crippen LogP contribution in [-0.2, 0) is 12.8 Å². The standard InChI is InChI=1S/C29H32FN5O/c1-29(35-12-2-3-13-35)10-8-18-4-5-19(14-20(18)9-11-29)22-15-24(27(32)34-17-22)26(31)21-6-7-23(28(33)36)25(30)16-21/h4-7,14-17,31H,2-3,8-13H2,1H3,(H2,32,34)(H2,33,36). The van der Waals surface area contributed by atoms with E-state index < -0.39 is 11.7 Å². The van der Waals surface area contributed by atoms with Crippen LogP contribution in [0, 0.1) is 11.2 Å². The Labute approximate surface area is 211 Å². The van der Waals surface area contributed by atoms with Crippen LogP contribution in [-0.4, -0.2) is 40.1 Å². The summed E-state index contributed by atoms with van der Waals surface area (Å²) in [6, 6.07) is 12.3. The van der Waals surface area contributed by atoms with E-state index in [4.69, 9.17) is 16.9 Å². The normalized spacial score (nSPS) is 20.1. The molecule has 36 heavy (non-hydrogen) atoms. The van der Waals surface area contributed by atoms with Crippen LogP contribution in [0.3, 0.4) is 0 Å². The van der Waals surface area contributed by atoms with Crippen molar-refractivity contribution in [2.75, 3.05) is 18.8 Å². The summed E-state index contributed by atoms with van der Waals surface area (Å²) in [4.78, 5) is 18.4. The van der Waals surface area contributed by atoms with Crippen LogP contribution < -0.4 is 11.5 Å². The van der Waals surface area contributed by atoms with Crippen molar-refractivity contribution < 1.29 is 9.18 Å². The Balaban J connectivity index is 1.42. The summed E-state index contributed by atoms with van der Waals surface area (Å²) in [5, 5.41) is 8.64. The average Bonchev–Trinajstić information content (AvgIpc) is 3.36. The molecule has 1 amide bonds. The first-order chi connectivity index (χ1) is 17.2. The number of fused-ring (bicyclic) bond motifs is 1. The topological polar surface area (TPSA) is 109 Å². The molecule has 0 radical (unpaired) electrons. The van der Waals surface area contributed by atoms with E-state index in [1.54, 1.807) is 6.20 Å². The fraction of sp³-hybridized carbons (Fsp3) is 0.345. The maximum Gasteiger partial charge on any atom is 0.251 e. The van der Waals surface area contributed by atoms with Crippen LogP contribution >= 0.6 is 0 Å². The number of nitrogen functional groups attached to an aromatic ring is 1. The first kappa shape index (κ1) is 24.1. The zero-order valence-corrected chi connectivity index (χ0v) is 20.6. The lowest BCUT2D eigenvalue weighted by atomic mass is 9.90. The zero-order valence-electron chi connectivity index (χ0n) is 20.6. The number of nitrogens with zero attached hydrogens (tertiary/aromatic N) is 2. The number of nitrogens with two attached hydrogens (primary N) is 2. The fourth-order valence-electron chi connectivity index (χ4n) is 5.65. The van der Waals surface area contributed by atoms with Crippen molar-refractivity contribution in [2.45, 2.75) is 51.0 Å². The van der Waals surface area contributed by atoms with Gasteiger partial charge in [-0.2, -0.15) is 0 Å². The maximum absolute atomic E-state index is 14.3. The zero-order chi connectivity index (χ0) is 25.4. The first-order valence-electron chi connectivity index (χ1n) is 12.6. The second kappa shape index (κ2) is 9.47. The van der Waals surface area contributed by atoms with Crippen LogP contribution in [0.15, 0.2) is 48.7 Å². The van der Waals surface area contributed by atoms with Gasteiger partial charge in [-0.3, -0.25) is 15.1 Å². The minimum Gasteiger partial charge on any atom is -0.383 e. The highest BCUT2D eigenvalue weighted by Gasteiger charge is 2.34. The molecule has 1 unspecified atom stereocenters. The molecule has 1 aliphatic carbocycles. The first-order valence-corrected chi connectivity index (χ1v) is 12.6. The highest BCUT2D eigenvalue weighted by atomic mass is 19.1. The summed E-state index contributed by atoms with van der Waals surface area (Å²) >= 11 is 0. The van der Waals surface area contributed by atoms with Gasteiger partial charge >= 0.3 is 0 Å². The van der Waals surface area contributed by atoms with E-state index >= 15 is 0 Å². The Morgan fingerprint density at radius 3 is 2.42 bits per heavy atom. The van der Waals surface area contributed by atoms with E-state index in [0.717, 1.165) is 36.5 Å². The monoisotopic (exact) mass is 485 g/mol. The van der Waals surface area contributed by atoms with E-state index in [9.17, 15) is 9.18 Å². The van der Waals surface area contributed by atoms with Crippen molar-refractivity contribution in [1.82, 2.24) is 9.88 Å². The van der Waals surface area contributed by atoms with E-state index in [-0.39, 0.29) is 22.6 Å². The van der Waals surface area contributed by atoms with Crippen LogP contribution in [0.5, 0.6) is 0 Å². The molecule has 0 saturated carbocycles. The van der Waals surface area contributed by atoms with Gasteiger partial charge in [-0.1, -0.05) is 24.3 Å². The molecule has 0 bridgehead atoms. The molecule has 2 aromatic carbocycles. The number of halogens is 1. The molecule has 5 N–H and O–H groups in total. The van der Waals surface area contributed by atoms with Crippen molar-refractivity contribution in [2.24, 2.45) is 5.73 Å². The molecule has 5 rings (SSSR count). The number of amides is 1. The number of benzene rings is 2. The molecule has 1 fully saturated rings. The van der Waals surface area contributed by atoms with Crippen molar-refractivity contribution in [1.29, 1.82) is 5.41 Å². The Morgan fingerprint density at radius 2 is 1.72 bits per heavy atom. The van der Waals surface area contributed by atoms with Gasteiger partial charge in [0.25, 0.3) is 5.91 Å². The highest BCUT2D eigenvalue weighted by Crippen LogP contribution is 2.36. The summed E-state index contributed by atoms with van der Waals surface area (Å²) < 4.78 is 14.3. The third-order valence-electron chi connectivity index (χ3n) is 7.99. The number of carbonyl (C=O) groups is 1. The number of rotatable bonds is 5. The molecule has 0 spiro atoms. The van der Waals surface area contributed by atoms with Gasteiger partial charge in [0, 0.05) is 28.4 Å². The molecule has 3 aromatic rings. The number of primary amides is 1. The molecular weight excluding hydrogens is 453 g/mol. The number of aromatic nitrogens is 1. The summed E-state index contributed by atoms with van der Waals surface area (Å²) in [6.45, 7) is 4.84. The third kappa shape index (κ3) is 4.51. The second-order valence-electron chi connectivity index (χ2n) is 10.3. The number of pyridine rings is 1.